The quantitative estimate of drug-likeness (QED) is 0.334. The Hall–Kier alpha value is -1.92. The lowest BCUT2D eigenvalue weighted by Crippen LogP contribution is -2.38. The number of ether oxygens (including phenoxy) is 4. The molecule has 1 aromatic rings. The van der Waals surface area contributed by atoms with Gasteiger partial charge in [0.2, 0.25) is 0 Å². The minimum atomic E-state index is -1.17. The van der Waals surface area contributed by atoms with Crippen LogP contribution in [0.3, 0.4) is 0 Å². The van der Waals surface area contributed by atoms with E-state index in [2.05, 4.69) is 6.92 Å². The predicted octanol–water partition coefficient (Wildman–Crippen LogP) is 4.89. The van der Waals surface area contributed by atoms with Crippen molar-refractivity contribution in [3.8, 4) is 0 Å². The van der Waals surface area contributed by atoms with Gasteiger partial charge in [-0.15, -0.1) is 0 Å². The summed E-state index contributed by atoms with van der Waals surface area (Å²) in [5.41, 5.74) is 0.782. The zero-order valence-corrected chi connectivity index (χ0v) is 18.6. The first-order valence-corrected chi connectivity index (χ1v) is 11.1. The van der Waals surface area contributed by atoms with Crippen molar-refractivity contribution in [3.05, 3.63) is 35.9 Å². The fourth-order valence-corrected chi connectivity index (χ4v) is 3.90. The lowest BCUT2D eigenvalue weighted by molar-refractivity contribution is -0.199. The van der Waals surface area contributed by atoms with Crippen molar-refractivity contribution >= 4 is 11.9 Å². The first kappa shape index (κ1) is 24.4. The molecule has 30 heavy (non-hydrogen) atoms. The summed E-state index contributed by atoms with van der Waals surface area (Å²) in [5, 5.41) is 0. The van der Waals surface area contributed by atoms with Crippen LogP contribution in [0.4, 0.5) is 0 Å². The van der Waals surface area contributed by atoms with Gasteiger partial charge in [-0.05, 0) is 6.42 Å². The molecule has 0 spiro atoms. The van der Waals surface area contributed by atoms with E-state index in [0.29, 0.717) is 6.42 Å². The largest absolute Gasteiger partial charge is 0.467 e. The van der Waals surface area contributed by atoms with Crippen LogP contribution in [0.5, 0.6) is 0 Å². The molecule has 0 aromatic heterocycles. The fourth-order valence-electron chi connectivity index (χ4n) is 3.90. The molecule has 0 N–H and O–H groups in total. The van der Waals surface area contributed by atoms with Crippen molar-refractivity contribution in [2.75, 3.05) is 14.2 Å². The lowest BCUT2D eigenvalue weighted by atomic mass is 9.98. The maximum Gasteiger partial charge on any atom is 0.338 e. The van der Waals surface area contributed by atoms with Crippen LogP contribution in [-0.2, 0) is 34.3 Å². The van der Waals surface area contributed by atoms with Gasteiger partial charge in [0.25, 0.3) is 0 Å². The molecule has 1 aliphatic heterocycles. The standard InChI is InChI=1S/C24H36O6/c1-4-5-6-7-8-9-10-11-15-18-24(19-16-13-12-14-17-19)29-20(22(25)27-2)21(30-24)23(26)28-3/h12-14,16-17,20-21H,4-11,15,18H2,1-3H3/t20-,21-/m1/s1. The van der Waals surface area contributed by atoms with Gasteiger partial charge in [-0.25, -0.2) is 9.59 Å². The number of hydrogen-bond acceptors (Lipinski definition) is 6. The van der Waals surface area contributed by atoms with Gasteiger partial charge in [-0.1, -0.05) is 88.6 Å². The highest BCUT2D eigenvalue weighted by Crippen LogP contribution is 2.42. The SMILES string of the molecule is CCCCCCCCCCCC1(c2ccccc2)O[C@@H](C(=O)OC)[C@H](C(=O)OC)O1. The second kappa shape index (κ2) is 12.7. The number of carbonyl (C=O) groups is 2. The number of benzene rings is 1. The molecular formula is C24H36O6. The van der Waals surface area contributed by atoms with Crippen LogP contribution in [0.2, 0.25) is 0 Å². The van der Waals surface area contributed by atoms with Crippen molar-refractivity contribution in [2.45, 2.75) is 89.1 Å². The van der Waals surface area contributed by atoms with Crippen molar-refractivity contribution in [2.24, 2.45) is 0 Å². The van der Waals surface area contributed by atoms with E-state index in [1.54, 1.807) is 0 Å². The molecule has 0 aliphatic carbocycles. The van der Waals surface area contributed by atoms with Gasteiger partial charge >= 0.3 is 11.9 Å². The molecule has 0 amide bonds. The molecule has 2 rings (SSSR count). The van der Waals surface area contributed by atoms with Crippen molar-refractivity contribution in [1.82, 2.24) is 0 Å². The number of unbranched alkanes of at least 4 members (excludes halogenated alkanes) is 8. The molecule has 1 aromatic carbocycles. The number of rotatable bonds is 13. The molecule has 168 valence electrons. The zero-order chi connectivity index (χ0) is 21.8. The van der Waals surface area contributed by atoms with E-state index < -0.39 is 29.9 Å². The highest BCUT2D eigenvalue weighted by Gasteiger charge is 2.55. The summed E-state index contributed by atoms with van der Waals surface area (Å²) in [4.78, 5) is 24.5. The Morgan fingerprint density at radius 3 is 1.73 bits per heavy atom. The lowest BCUT2D eigenvalue weighted by Gasteiger charge is -2.28. The van der Waals surface area contributed by atoms with Gasteiger partial charge in [0.15, 0.2) is 18.0 Å². The summed E-state index contributed by atoms with van der Waals surface area (Å²) in [7, 11) is 2.53. The molecule has 0 radical (unpaired) electrons. The molecule has 1 heterocycles. The topological polar surface area (TPSA) is 71.1 Å². The van der Waals surface area contributed by atoms with E-state index in [1.165, 1.54) is 52.7 Å². The predicted molar refractivity (Wildman–Crippen MR) is 114 cm³/mol. The Morgan fingerprint density at radius 1 is 0.800 bits per heavy atom. The second-order valence-electron chi connectivity index (χ2n) is 7.82. The van der Waals surface area contributed by atoms with Gasteiger partial charge in [0.1, 0.15) is 0 Å². The highest BCUT2D eigenvalue weighted by molar-refractivity contribution is 5.86. The minimum Gasteiger partial charge on any atom is -0.467 e. The van der Waals surface area contributed by atoms with Crippen LogP contribution < -0.4 is 0 Å². The summed E-state index contributed by atoms with van der Waals surface area (Å²) < 4.78 is 21.9. The number of hydrogen-bond donors (Lipinski definition) is 0. The third-order valence-electron chi connectivity index (χ3n) is 5.60. The van der Waals surface area contributed by atoms with Crippen LogP contribution in [0.15, 0.2) is 30.3 Å². The van der Waals surface area contributed by atoms with E-state index in [9.17, 15) is 9.59 Å². The van der Waals surface area contributed by atoms with Crippen LogP contribution in [0.1, 0.15) is 76.7 Å². The minimum absolute atomic E-state index is 0.549. The molecule has 0 saturated carbocycles. The maximum atomic E-state index is 12.3. The van der Waals surface area contributed by atoms with Crippen molar-refractivity contribution in [1.29, 1.82) is 0 Å². The van der Waals surface area contributed by atoms with Crippen molar-refractivity contribution < 1.29 is 28.5 Å². The normalized spacial score (nSPS) is 20.1. The summed E-state index contributed by atoms with van der Waals surface area (Å²) in [6.07, 6.45) is 9.00. The van der Waals surface area contributed by atoms with E-state index in [0.717, 1.165) is 24.8 Å². The average Bonchev–Trinajstić information content (AvgIpc) is 3.18. The average molecular weight is 421 g/mol. The van der Waals surface area contributed by atoms with Crippen LogP contribution >= 0.6 is 0 Å². The molecule has 1 saturated heterocycles. The third kappa shape index (κ3) is 6.54. The van der Waals surface area contributed by atoms with Gasteiger partial charge in [-0.2, -0.15) is 0 Å². The van der Waals surface area contributed by atoms with Crippen LogP contribution in [0, 0.1) is 0 Å². The number of esters is 2. The zero-order valence-electron chi connectivity index (χ0n) is 18.6. The van der Waals surface area contributed by atoms with Crippen LogP contribution in [-0.4, -0.2) is 38.4 Å². The van der Waals surface area contributed by atoms with Crippen LogP contribution in [0.25, 0.3) is 0 Å². The summed E-state index contributed by atoms with van der Waals surface area (Å²) in [6, 6.07) is 9.46. The van der Waals surface area contributed by atoms with Gasteiger partial charge in [-0.3, -0.25) is 0 Å². The summed E-state index contributed by atoms with van der Waals surface area (Å²) in [6.45, 7) is 2.23. The van der Waals surface area contributed by atoms with E-state index in [-0.39, 0.29) is 0 Å². The van der Waals surface area contributed by atoms with Gasteiger partial charge in [0.05, 0.1) is 14.2 Å². The first-order valence-electron chi connectivity index (χ1n) is 11.1. The van der Waals surface area contributed by atoms with E-state index >= 15 is 0 Å². The first-order chi connectivity index (χ1) is 14.6. The second-order valence-corrected chi connectivity index (χ2v) is 7.82. The van der Waals surface area contributed by atoms with Gasteiger partial charge in [0, 0.05) is 12.0 Å². The third-order valence-corrected chi connectivity index (χ3v) is 5.60. The Labute approximate surface area is 180 Å². The smallest absolute Gasteiger partial charge is 0.338 e. The number of carbonyl (C=O) groups excluding carboxylic acids is 2. The van der Waals surface area contributed by atoms with Gasteiger partial charge < -0.3 is 18.9 Å². The van der Waals surface area contributed by atoms with E-state index in [4.69, 9.17) is 18.9 Å². The Morgan fingerprint density at radius 2 is 1.27 bits per heavy atom. The Balaban J connectivity index is 2.01. The van der Waals surface area contributed by atoms with E-state index in [1.807, 2.05) is 30.3 Å². The fraction of sp³-hybridized carbons (Fsp3) is 0.667. The molecule has 1 fully saturated rings. The number of methoxy groups -OCH3 is 2. The molecule has 0 unspecified atom stereocenters. The molecule has 0 bridgehead atoms. The summed E-state index contributed by atoms with van der Waals surface area (Å²) >= 11 is 0. The Kier molecular flexibility index (Phi) is 10.3. The molecule has 6 heteroatoms. The monoisotopic (exact) mass is 420 g/mol. The molecular weight excluding hydrogens is 384 g/mol. The summed E-state index contributed by atoms with van der Waals surface area (Å²) in [5.74, 6) is -2.45. The Bertz CT molecular complexity index is 620. The molecule has 6 nitrogen and oxygen atoms in total. The molecule has 1 aliphatic rings. The van der Waals surface area contributed by atoms with Crippen molar-refractivity contribution in [3.63, 3.8) is 0 Å². The maximum absolute atomic E-state index is 12.3. The highest BCUT2D eigenvalue weighted by atomic mass is 16.8. The molecule has 2 atom stereocenters.